The Bertz CT molecular complexity index is 387. The third-order valence-electron chi connectivity index (χ3n) is 5.50. The van der Waals surface area contributed by atoms with Crippen molar-refractivity contribution in [3.05, 3.63) is 11.3 Å². The quantitative estimate of drug-likeness (QED) is 0.258. The molecule has 0 aromatic heterocycles. The lowest BCUT2D eigenvalue weighted by Gasteiger charge is -2.18. The molecule has 3 nitrogen and oxygen atoms in total. The van der Waals surface area contributed by atoms with Crippen LogP contribution >= 0.6 is 0 Å². The lowest BCUT2D eigenvalue weighted by atomic mass is 9.91. The summed E-state index contributed by atoms with van der Waals surface area (Å²) >= 11 is 0. The van der Waals surface area contributed by atoms with Crippen LogP contribution in [0.4, 0.5) is 0 Å². The molecule has 1 atom stereocenters. The molecule has 0 saturated carbocycles. The number of hydrogen-bond donors (Lipinski definition) is 1. The summed E-state index contributed by atoms with van der Waals surface area (Å²) in [5, 5.41) is 9.83. The Labute approximate surface area is 155 Å². The Morgan fingerprint density at radius 1 is 0.920 bits per heavy atom. The summed E-state index contributed by atoms with van der Waals surface area (Å²) in [6.45, 7) is 4.86. The van der Waals surface area contributed by atoms with Crippen molar-refractivity contribution in [2.45, 2.75) is 110 Å². The van der Waals surface area contributed by atoms with Gasteiger partial charge in [-0.3, -0.25) is 0 Å². The van der Waals surface area contributed by atoms with E-state index in [1.165, 1.54) is 70.6 Å². The van der Waals surface area contributed by atoms with Crippen LogP contribution in [0.2, 0.25) is 0 Å². The number of aliphatic hydroxyl groups excluding tert-OH is 1. The molecule has 0 aromatic rings. The Balaban J connectivity index is 2.05. The van der Waals surface area contributed by atoms with Gasteiger partial charge in [0.1, 0.15) is 5.76 Å². The van der Waals surface area contributed by atoms with Gasteiger partial charge in [0.2, 0.25) is 0 Å². The highest BCUT2D eigenvalue weighted by Gasteiger charge is 2.21. The fraction of sp³-hybridized carbons (Fsp3) is 0.864. The molecule has 0 spiro atoms. The normalized spacial score (nSPS) is 16.2. The average molecular weight is 353 g/mol. The predicted octanol–water partition coefficient (Wildman–Crippen LogP) is 6.86. The molecule has 146 valence electrons. The van der Waals surface area contributed by atoms with E-state index in [0.29, 0.717) is 25.0 Å². The van der Waals surface area contributed by atoms with E-state index < -0.39 is 0 Å². The van der Waals surface area contributed by atoms with Crippen LogP contribution < -0.4 is 0 Å². The molecule has 1 rings (SSSR count). The number of carbonyl (C=O) groups excluding carboxylic acids is 1. The molecular formula is C22H40O3. The van der Waals surface area contributed by atoms with Gasteiger partial charge in [-0.2, -0.15) is 0 Å². The number of hydrogen-bond acceptors (Lipinski definition) is 3. The Morgan fingerprint density at radius 3 is 2.12 bits per heavy atom. The maximum Gasteiger partial charge on any atom is 0.337 e. The summed E-state index contributed by atoms with van der Waals surface area (Å²) in [6, 6.07) is 0. The summed E-state index contributed by atoms with van der Waals surface area (Å²) in [5.41, 5.74) is 0.518. The van der Waals surface area contributed by atoms with Crippen molar-refractivity contribution in [2.75, 3.05) is 6.61 Å². The first kappa shape index (κ1) is 22.1. The first-order valence-corrected chi connectivity index (χ1v) is 10.8. The number of rotatable bonds is 15. The van der Waals surface area contributed by atoms with E-state index in [1.807, 2.05) is 0 Å². The smallest absolute Gasteiger partial charge is 0.337 e. The van der Waals surface area contributed by atoms with Gasteiger partial charge in [0.05, 0.1) is 12.2 Å². The molecule has 1 N–H and O–H groups in total. The van der Waals surface area contributed by atoms with Crippen molar-refractivity contribution in [3.63, 3.8) is 0 Å². The second-order valence-corrected chi connectivity index (χ2v) is 7.59. The number of esters is 1. The van der Waals surface area contributed by atoms with Crippen molar-refractivity contribution in [1.82, 2.24) is 0 Å². The van der Waals surface area contributed by atoms with Crippen molar-refractivity contribution in [3.8, 4) is 0 Å². The Kier molecular flexibility index (Phi) is 12.5. The molecule has 0 radical (unpaired) electrons. The number of cyclic esters (lactones) is 1. The number of aliphatic hydroxyl groups is 1. The monoisotopic (exact) mass is 352 g/mol. The average Bonchev–Trinajstić information content (AvgIpc) is 2.61. The van der Waals surface area contributed by atoms with Crippen LogP contribution in [-0.2, 0) is 9.53 Å². The second-order valence-electron chi connectivity index (χ2n) is 7.59. The van der Waals surface area contributed by atoms with Gasteiger partial charge in [0, 0.05) is 6.42 Å². The molecule has 0 aliphatic carbocycles. The van der Waals surface area contributed by atoms with Crippen molar-refractivity contribution < 1.29 is 14.6 Å². The summed E-state index contributed by atoms with van der Waals surface area (Å²) in [5.74, 6) is 0.700. The van der Waals surface area contributed by atoms with Crippen LogP contribution in [0, 0.1) is 5.92 Å². The second kappa shape index (κ2) is 14.2. The van der Waals surface area contributed by atoms with Crippen molar-refractivity contribution in [2.24, 2.45) is 5.92 Å². The van der Waals surface area contributed by atoms with Crippen LogP contribution in [0.3, 0.4) is 0 Å². The molecule has 0 aromatic carbocycles. The third kappa shape index (κ3) is 9.91. The molecule has 0 fully saturated rings. The number of carbonyl (C=O) groups is 1. The molecular weight excluding hydrogens is 312 g/mol. The lowest BCUT2D eigenvalue weighted by Crippen LogP contribution is -2.18. The molecule has 0 saturated heterocycles. The van der Waals surface area contributed by atoms with Gasteiger partial charge in [0.25, 0.3) is 0 Å². The highest BCUT2D eigenvalue weighted by atomic mass is 16.5. The first-order chi connectivity index (χ1) is 12.2. The Hall–Kier alpha value is -0.990. The van der Waals surface area contributed by atoms with Crippen LogP contribution in [-0.4, -0.2) is 17.7 Å². The maximum atomic E-state index is 11.7. The minimum absolute atomic E-state index is 0.253. The van der Waals surface area contributed by atoms with Crippen LogP contribution in [0.5, 0.6) is 0 Å². The van der Waals surface area contributed by atoms with E-state index in [9.17, 15) is 9.90 Å². The molecule has 0 bridgehead atoms. The SMILES string of the molecule is CCCCCCCCCCCC(CC)CCCC1=C(O)CCOC1=O. The fourth-order valence-electron chi connectivity index (χ4n) is 3.71. The molecule has 1 aliphatic rings. The van der Waals surface area contributed by atoms with Crippen LogP contribution in [0.25, 0.3) is 0 Å². The van der Waals surface area contributed by atoms with Crippen molar-refractivity contribution in [1.29, 1.82) is 0 Å². The molecule has 3 heteroatoms. The van der Waals surface area contributed by atoms with E-state index in [-0.39, 0.29) is 11.7 Å². The van der Waals surface area contributed by atoms with E-state index in [4.69, 9.17) is 4.74 Å². The van der Waals surface area contributed by atoms with Gasteiger partial charge in [-0.15, -0.1) is 0 Å². The summed E-state index contributed by atoms with van der Waals surface area (Å²) < 4.78 is 5.02. The summed E-state index contributed by atoms with van der Waals surface area (Å²) in [6.07, 6.45) is 18.2. The maximum absolute atomic E-state index is 11.7. The highest BCUT2D eigenvalue weighted by molar-refractivity contribution is 5.89. The van der Waals surface area contributed by atoms with E-state index in [2.05, 4.69) is 13.8 Å². The zero-order valence-corrected chi connectivity index (χ0v) is 16.7. The van der Waals surface area contributed by atoms with Gasteiger partial charge in [0.15, 0.2) is 0 Å². The fourth-order valence-corrected chi connectivity index (χ4v) is 3.71. The minimum Gasteiger partial charge on any atom is -0.512 e. The van der Waals surface area contributed by atoms with Gasteiger partial charge in [-0.1, -0.05) is 90.9 Å². The standard InChI is InChI=1S/C22H40O3/c1-3-5-6-7-8-9-10-11-12-14-19(4-2)15-13-16-20-21(23)17-18-25-22(20)24/h19,23H,3-18H2,1-2H3. The molecule has 25 heavy (non-hydrogen) atoms. The molecule has 1 unspecified atom stereocenters. The van der Waals surface area contributed by atoms with Gasteiger partial charge in [-0.05, 0) is 18.8 Å². The highest BCUT2D eigenvalue weighted by Crippen LogP contribution is 2.25. The van der Waals surface area contributed by atoms with Gasteiger partial charge >= 0.3 is 5.97 Å². The number of ether oxygens (including phenoxy) is 1. The summed E-state index contributed by atoms with van der Waals surface area (Å²) in [4.78, 5) is 11.7. The van der Waals surface area contributed by atoms with E-state index in [0.717, 1.165) is 18.8 Å². The number of unbranched alkanes of at least 4 members (excludes halogenated alkanes) is 8. The molecule has 0 amide bonds. The first-order valence-electron chi connectivity index (χ1n) is 10.8. The molecule has 1 aliphatic heterocycles. The van der Waals surface area contributed by atoms with E-state index in [1.54, 1.807) is 0 Å². The zero-order valence-electron chi connectivity index (χ0n) is 16.7. The van der Waals surface area contributed by atoms with Gasteiger partial charge in [-0.25, -0.2) is 4.79 Å². The third-order valence-corrected chi connectivity index (χ3v) is 5.50. The lowest BCUT2D eigenvalue weighted by molar-refractivity contribution is -0.140. The predicted molar refractivity (Wildman–Crippen MR) is 105 cm³/mol. The molecule has 1 heterocycles. The van der Waals surface area contributed by atoms with Crippen molar-refractivity contribution >= 4 is 5.97 Å². The Morgan fingerprint density at radius 2 is 1.52 bits per heavy atom. The zero-order chi connectivity index (χ0) is 18.3. The largest absolute Gasteiger partial charge is 0.512 e. The van der Waals surface area contributed by atoms with Gasteiger partial charge < -0.3 is 9.84 Å². The van der Waals surface area contributed by atoms with Crippen LogP contribution in [0.15, 0.2) is 11.3 Å². The summed E-state index contributed by atoms with van der Waals surface area (Å²) in [7, 11) is 0. The topological polar surface area (TPSA) is 46.5 Å². The minimum atomic E-state index is -0.310. The van der Waals surface area contributed by atoms with Crippen LogP contribution in [0.1, 0.15) is 110 Å². The van der Waals surface area contributed by atoms with E-state index >= 15 is 0 Å².